The molecule has 1 atom stereocenters. The minimum Gasteiger partial charge on any atom is -0.305 e. The highest BCUT2D eigenvalue weighted by Gasteiger charge is 2.16. The number of pyridine rings is 1. The zero-order valence-electron chi connectivity index (χ0n) is 10.7. The Balaban J connectivity index is 2.05. The van der Waals surface area contributed by atoms with Gasteiger partial charge in [-0.1, -0.05) is 25.1 Å². The minimum absolute atomic E-state index is 0.0147. The predicted octanol–water partition coefficient (Wildman–Crippen LogP) is 2.05. The van der Waals surface area contributed by atoms with E-state index in [0.29, 0.717) is 0 Å². The van der Waals surface area contributed by atoms with Crippen molar-refractivity contribution in [3.05, 3.63) is 54.0 Å². The topological polar surface area (TPSA) is 66.5 Å². The van der Waals surface area contributed by atoms with Gasteiger partial charge in [0.15, 0.2) is 0 Å². The van der Waals surface area contributed by atoms with Crippen LogP contribution in [0.2, 0.25) is 0 Å². The number of nitrogens with one attached hydrogen (secondary N) is 2. The average molecular weight is 253 g/mol. The molecule has 2 heterocycles. The van der Waals surface area contributed by atoms with Gasteiger partial charge in [-0.15, -0.1) is 0 Å². The first-order chi connectivity index (χ1) is 9.38. The maximum atomic E-state index is 4.50. The van der Waals surface area contributed by atoms with Crippen LogP contribution in [0.3, 0.4) is 0 Å². The van der Waals surface area contributed by atoms with E-state index in [9.17, 15) is 0 Å². The lowest BCUT2D eigenvalue weighted by atomic mass is 10.0. The molecule has 2 aromatic heterocycles. The third-order valence-corrected chi connectivity index (χ3v) is 3.08. The van der Waals surface area contributed by atoms with Crippen molar-refractivity contribution in [3.63, 3.8) is 0 Å². The first kappa shape index (κ1) is 11.8. The van der Waals surface area contributed by atoms with Crippen molar-refractivity contribution in [3.8, 4) is 0 Å². The van der Waals surface area contributed by atoms with Crippen molar-refractivity contribution in [2.45, 2.75) is 13.0 Å². The summed E-state index contributed by atoms with van der Waals surface area (Å²) in [7, 11) is 0. The number of aromatic nitrogens is 4. The number of hydrogen-bond donors (Lipinski definition) is 2. The molecular weight excluding hydrogens is 238 g/mol. The molecule has 0 saturated carbocycles. The van der Waals surface area contributed by atoms with E-state index >= 15 is 0 Å². The van der Waals surface area contributed by atoms with E-state index in [1.165, 1.54) is 0 Å². The van der Waals surface area contributed by atoms with Crippen LogP contribution in [0, 0.1) is 0 Å². The normalized spacial score (nSPS) is 12.7. The summed E-state index contributed by atoms with van der Waals surface area (Å²) in [5.41, 5.74) is 2.97. The van der Waals surface area contributed by atoms with Gasteiger partial charge in [0.05, 0.1) is 17.8 Å². The predicted molar refractivity (Wildman–Crippen MR) is 73.6 cm³/mol. The number of H-pyrrole nitrogens is 1. The summed E-state index contributed by atoms with van der Waals surface area (Å²) in [4.78, 5) is 4.50. The van der Waals surface area contributed by atoms with E-state index in [1.54, 1.807) is 6.20 Å². The van der Waals surface area contributed by atoms with E-state index in [0.717, 1.165) is 28.7 Å². The second-order valence-corrected chi connectivity index (χ2v) is 4.35. The molecule has 0 saturated heterocycles. The van der Waals surface area contributed by atoms with Gasteiger partial charge in [-0.3, -0.25) is 4.98 Å². The minimum atomic E-state index is 0.0147. The molecule has 0 amide bonds. The van der Waals surface area contributed by atoms with Crippen LogP contribution in [-0.4, -0.2) is 26.9 Å². The van der Waals surface area contributed by atoms with Gasteiger partial charge in [0.1, 0.15) is 5.69 Å². The molecular formula is C14H15N5. The molecule has 1 aromatic carbocycles. The summed E-state index contributed by atoms with van der Waals surface area (Å²) < 4.78 is 0. The highest BCUT2D eigenvalue weighted by molar-refractivity contribution is 5.78. The van der Waals surface area contributed by atoms with Crippen molar-refractivity contribution >= 4 is 10.9 Å². The van der Waals surface area contributed by atoms with E-state index in [4.69, 9.17) is 0 Å². The highest BCUT2D eigenvalue weighted by atomic mass is 15.3. The molecule has 0 radical (unpaired) electrons. The van der Waals surface area contributed by atoms with Crippen LogP contribution in [0.1, 0.15) is 24.2 Å². The fourth-order valence-corrected chi connectivity index (χ4v) is 2.19. The number of aromatic amines is 1. The third-order valence-electron chi connectivity index (χ3n) is 3.08. The Labute approximate surface area is 111 Å². The van der Waals surface area contributed by atoms with Gasteiger partial charge in [-0.25, -0.2) is 0 Å². The molecule has 0 aliphatic heterocycles. The molecule has 0 aliphatic carbocycles. The fourth-order valence-electron chi connectivity index (χ4n) is 2.19. The molecule has 3 aromatic rings. The van der Waals surface area contributed by atoms with Gasteiger partial charge >= 0.3 is 0 Å². The Bertz CT molecular complexity index is 662. The van der Waals surface area contributed by atoms with Gasteiger partial charge < -0.3 is 5.32 Å². The van der Waals surface area contributed by atoms with Crippen LogP contribution < -0.4 is 5.32 Å². The third kappa shape index (κ3) is 2.32. The Morgan fingerprint density at radius 1 is 1.26 bits per heavy atom. The van der Waals surface area contributed by atoms with Crippen molar-refractivity contribution in [1.82, 2.24) is 25.7 Å². The molecule has 96 valence electrons. The van der Waals surface area contributed by atoms with E-state index in [2.05, 4.69) is 44.8 Å². The molecule has 3 rings (SSSR count). The zero-order chi connectivity index (χ0) is 13.1. The lowest BCUT2D eigenvalue weighted by molar-refractivity contribution is 0.612. The summed E-state index contributed by atoms with van der Waals surface area (Å²) in [6.07, 6.45) is 3.63. The fraction of sp³-hybridized carbons (Fsp3) is 0.214. The lowest BCUT2D eigenvalue weighted by Crippen LogP contribution is -2.22. The Morgan fingerprint density at radius 2 is 2.16 bits per heavy atom. The molecule has 1 unspecified atom stereocenters. The summed E-state index contributed by atoms with van der Waals surface area (Å²) in [6.45, 7) is 2.92. The second-order valence-electron chi connectivity index (χ2n) is 4.35. The smallest absolute Gasteiger partial charge is 0.104 e. The molecule has 19 heavy (non-hydrogen) atoms. The van der Waals surface area contributed by atoms with Gasteiger partial charge in [0.2, 0.25) is 0 Å². The molecule has 0 fully saturated rings. The SMILES string of the molecule is CCNC(c1cnc2ccccc2c1)c1cn[nH]n1. The number of hydrogen-bond acceptors (Lipinski definition) is 4. The maximum absolute atomic E-state index is 4.50. The van der Waals surface area contributed by atoms with Crippen LogP contribution in [0.15, 0.2) is 42.7 Å². The van der Waals surface area contributed by atoms with Crippen LogP contribution in [0.5, 0.6) is 0 Å². The van der Waals surface area contributed by atoms with Crippen LogP contribution in [-0.2, 0) is 0 Å². The summed E-state index contributed by atoms with van der Waals surface area (Å²) in [6, 6.07) is 10.3. The molecule has 2 N–H and O–H groups in total. The van der Waals surface area contributed by atoms with E-state index < -0.39 is 0 Å². The first-order valence-corrected chi connectivity index (χ1v) is 6.32. The largest absolute Gasteiger partial charge is 0.305 e. The van der Waals surface area contributed by atoms with Gasteiger partial charge in [0.25, 0.3) is 0 Å². The van der Waals surface area contributed by atoms with E-state index in [-0.39, 0.29) is 6.04 Å². The summed E-state index contributed by atoms with van der Waals surface area (Å²) in [5.74, 6) is 0. The number of benzene rings is 1. The zero-order valence-corrected chi connectivity index (χ0v) is 10.7. The maximum Gasteiger partial charge on any atom is 0.104 e. The van der Waals surface area contributed by atoms with Gasteiger partial charge in [-0.2, -0.15) is 15.4 Å². The summed E-state index contributed by atoms with van der Waals surface area (Å²) >= 11 is 0. The molecule has 0 aliphatic rings. The average Bonchev–Trinajstić information content (AvgIpc) is 2.98. The molecule has 0 bridgehead atoms. The molecule has 0 spiro atoms. The quantitative estimate of drug-likeness (QED) is 0.747. The van der Waals surface area contributed by atoms with Crippen molar-refractivity contribution in [2.75, 3.05) is 6.54 Å². The van der Waals surface area contributed by atoms with Crippen molar-refractivity contribution in [1.29, 1.82) is 0 Å². The monoisotopic (exact) mass is 253 g/mol. The number of para-hydroxylation sites is 1. The van der Waals surface area contributed by atoms with Gasteiger partial charge in [0, 0.05) is 11.6 Å². The number of fused-ring (bicyclic) bond motifs is 1. The van der Waals surface area contributed by atoms with Gasteiger partial charge in [-0.05, 0) is 24.2 Å². The van der Waals surface area contributed by atoms with Crippen molar-refractivity contribution in [2.24, 2.45) is 0 Å². The van der Waals surface area contributed by atoms with Crippen LogP contribution in [0.4, 0.5) is 0 Å². The highest BCUT2D eigenvalue weighted by Crippen LogP contribution is 2.22. The molecule has 5 nitrogen and oxygen atoms in total. The summed E-state index contributed by atoms with van der Waals surface area (Å²) in [5, 5.41) is 15.2. The Hall–Kier alpha value is -2.27. The van der Waals surface area contributed by atoms with Crippen LogP contribution in [0.25, 0.3) is 10.9 Å². The number of rotatable bonds is 4. The number of nitrogens with zero attached hydrogens (tertiary/aromatic N) is 3. The lowest BCUT2D eigenvalue weighted by Gasteiger charge is -2.15. The van der Waals surface area contributed by atoms with Crippen LogP contribution >= 0.6 is 0 Å². The first-order valence-electron chi connectivity index (χ1n) is 6.32. The molecule has 5 heteroatoms. The van der Waals surface area contributed by atoms with Crippen molar-refractivity contribution < 1.29 is 0 Å². The Morgan fingerprint density at radius 3 is 2.95 bits per heavy atom. The van der Waals surface area contributed by atoms with E-state index in [1.807, 2.05) is 24.4 Å². The Kier molecular flexibility index (Phi) is 3.20. The second kappa shape index (κ2) is 5.16. The standard InChI is InChI=1S/C14H15N5/c1-2-15-14(13-9-17-19-18-13)11-7-10-5-3-4-6-12(10)16-8-11/h3-9,14-15H,2H2,1H3,(H,17,18,19).